The number of hydrogen-bond acceptors (Lipinski definition) is 3. The minimum absolute atomic E-state index is 0.00706. The van der Waals surface area contributed by atoms with Crippen LogP contribution in [0.4, 0.5) is 0 Å². The van der Waals surface area contributed by atoms with Gasteiger partial charge in [0.15, 0.2) is 0 Å². The van der Waals surface area contributed by atoms with Gasteiger partial charge in [0.25, 0.3) is 0 Å². The maximum absolute atomic E-state index is 12.1. The molecule has 1 atom stereocenters. The Bertz CT molecular complexity index is 362. The molecule has 2 rings (SSSR count). The van der Waals surface area contributed by atoms with Crippen LogP contribution in [0.3, 0.4) is 0 Å². The molecule has 1 unspecified atom stereocenters. The third-order valence-electron chi connectivity index (χ3n) is 4.53. The van der Waals surface area contributed by atoms with E-state index in [0.717, 1.165) is 25.7 Å². The van der Waals surface area contributed by atoms with Crippen LogP contribution in [0.25, 0.3) is 0 Å². The first-order valence-electron chi connectivity index (χ1n) is 7.72. The fourth-order valence-corrected chi connectivity index (χ4v) is 3.14. The molecule has 2 N–H and O–H groups in total. The monoisotopic (exact) mass is 282 g/mol. The van der Waals surface area contributed by atoms with Gasteiger partial charge in [0.05, 0.1) is 12.0 Å². The summed E-state index contributed by atoms with van der Waals surface area (Å²) in [5, 5.41) is 12.4. The van der Waals surface area contributed by atoms with Gasteiger partial charge in [-0.3, -0.25) is 9.59 Å². The van der Waals surface area contributed by atoms with Crippen LogP contribution in [-0.2, 0) is 9.59 Å². The first-order chi connectivity index (χ1) is 9.47. The molecule has 20 heavy (non-hydrogen) atoms. The normalized spacial score (nSPS) is 30.9. The van der Waals surface area contributed by atoms with Crippen molar-refractivity contribution in [1.29, 1.82) is 0 Å². The highest BCUT2D eigenvalue weighted by atomic mass is 16.3. The summed E-state index contributed by atoms with van der Waals surface area (Å²) in [6.07, 6.45) is 3.81. The lowest BCUT2D eigenvalue weighted by molar-refractivity contribution is -0.130. The summed E-state index contributed by atoms with van der Waals surface area (Å²) >= 11 is 0. The van der Waals surface area contributed by atoms with Gasteiger partial charge in [-0.1, -0.05) is 0 Å². The van der Waals surface area contributed by atoms with Crippen LogP contribution < -0.4 is 5.32 Å². The fourth-order valence-electron chi connectivity index (χ4n) is 3.14. The van der Waals surface area contributed by atoms with Gasteiger partial charge in [-0.25, -0.2) is 0 Å². The van der Waals surface area contributed by atoms with E-state index < -0.39 is 0 Å². The zero-order valence-corrected chi connectivity index (χ0v) is 12.5. The number of nitrogens with zero attached hydrogens (tertiary/aromatic N) is 1. The van der Waals surface area contributed by atoms with E-state index in [0.29, 0.717) is 25.4 Å². The lowest BCUT2D eigenvalue weighted by atomic mass is 9.87. The van der Waals surface area contributed by atoms with E-state index in [-0.39, 0.29) is 29.9 Å². The Labute approximate surface area is 120 Å². The van der Waals surface area contributed by atoms with Crippen molar-refractivity contribution >= 4 is 11.8 Å². The van der Waals surface area contributed by atoms with E-state index in [2.05, 4.69) is 5.32 Å². The minimum Gasteiger partial charge on any atom is -0.393 e. The molecule has 0 spiro atoms. The largest absolute Gasteiger partial charge is 0.393 e. The molecule has 0 aromatic heterocycles. The predicted octanol–water partition coefficient (Wildman–Crippen LogP) is 0.911. The maximum Gasteiger partial charge on any atom is 0.225 e. The number of amides is 2. The maximum atomic E-state index is 12.1. The molecule has 1 saturated heterocycles. The molecule has 5 heteroatoms. The lowest BCUT2D eigenvalue weighted by Crippen LogP contribution is -2.38. The fraction of sp³-hybridized carbons (Fsp3) is 0.867. The second kappa shape index (κ2) is 6.57. The number of aliphatic hydroxyl groups excluding tert-OH is 1. The SMILES string of the molecule is CC(C)N1CC(C(=O)NCC2CCC(O)CC2)CC1=O. The number of rotatable bonds is 4. The Balaban J connectivity index is 1.74. The van der Waals surface area contributed by atoms with Gasteiger partial charge in [0, 0.05) is 25.6 Å². The molecule has 1 saturated carbocycles. The van der Waals surface area contributed by atoms with Crippen LogP contribution in [-0.4, -0.2) is 47.1 Å². The van der Waals surface area contributed by atoms with Crippen LogP contribution in [0.1, 0.15) is 46.0 Å². The standard InChI is InChI=1S/C15H26N2O3/c1-10(2)17-9-12(7-14(17)19)15(20)16-8-11-3-5-13(18)6-4-11/h10-13,18H,3-9H2,1-2H3,(H,16,20). The number of nitrogens with one attached hydrogen (secondary N) is 1. The lowest BCUT2D eigenvalue weighted by Gasteiger charge is -2.26. The summed E-state index contributed by atoms with van der Waals surface area (Å²) in [5.41, 5.74) is 0. The molecule has 0 aromatic rings. The molecular formula is C15H26N2O3. The van der Waals surface area contributed by atoms with Crippen molar-refractivity contribution in [3.63, 3.8) is 0 Å². The number of carbonyl (C=O) groups is 2. The summed E-state index contributed by atoms with van der Waals surface area (Å²) in [5.74, 6) is 0.369. The number of likely N-dealkylation sites (tertiary alicyclic amines) is 1. The zero-order valence-electron chi connectivity index (χ0n) is 12.5. The highest BCUT2D eigenvalue weighted by molar-refractivity contribution is 5.89. The summed E-state index contributed by atoms with van der Waals surface area (Å²) in [7, 11) is 0. The molecular weight excluding hydrogens is 256 g/mol. The molecule has 1 aliphatic carbocycles. The van der Waals surface area contributed by atoms with Gasteiger partial charge in [-0.2, -0.15) is 0 Å². The van der Waals surface area contributed by atoms with Crippen molar-refractivity contribution in [3.05, 3.63) is 0 Å². The molecule has 0 radical (unpaired) electrons. The molecule has 114 valence electrons. The molecule has 1 heterocycles. The second-order valence-electron chi connectivity index (χ2n) is 6.46. The molecule has 0 bridgehead atoms. The average molecular weight is 282 g/mol. The van der Waals surface area contributed by atoms with E-state index in [4.69, 9.17) is 0 Å². The van der Waals surface area contributed by atoms with Crippen molar-refractivity contribution in [1.82, 2.24) is 10.2 Å². The zero-order chi connectivity index (χ0) is 14.7. The van der Waals surface area contributed by atoms with Gasteiger partial charge in [-0.05, 0) is 45.4 Å². The number of hydrogen-bond donors (Lipinski definition) is 2. The first-order valence-corrected chi connectivity index (χ1v) is 7.72. The highest BCUT2D eigenvalue weighted by Gasteiger charge is 2.35. The van der Waals surface area contributed by atoms with E-state index in [1.807, 2.05) is 13.8 Å². The third-order valence-corrected chi connectivity index (χ3v) is 4.53. The third kappa shape index (κ3) is 3.72. The van der Waals surface area contributed by atoms with Crippen LogP contribution in [0.5, 0.6) is 0 Å². The first kappa shape index (κ1) is 15.3. The average Bonchev–Trinajstić information content (AvgIpc) is 2.80. The highest BCUT2D eigenvalue weighted by Crippen LogP contribution is 2.24. The van der Waals surface area contributed by atoms with Gasteiger partial charge in [0.1, 0.15) is 0 Å². The van der Waals surface area contributed by atoms with E-state index in [1.165, 1.54) is 0 Å². The van der Waals surface area contributed by atoms with Crippen LogP contribution in [0, 0.1) is 11.8 Å². The molecule has 2 fully saturated rings. The van der Waals surface area contributed by atoms with Crippen LogP contribution in [0.15, 0.2) is 0 Å². The number of carbonyl (C=O) groups excluding carboxylic acids is 2. The summed E-state index contributed by atoms with van der Waals surface area (Å²) < 4.78 is 0. The van der Waals surface area contributed by atoms with Crippen molar-refractivity contribution in [2.45, 2.75) is 58.1 Å². The summed E-state index contributed by atoms with van der Waals surface area (Å²) in [6.45, 7) is 5.18. The van der Waals surface area contributed by atoms with Gasteiger partial charge in [-0.15, -0.1) is 0 Å². The van der Waals surface area contributed by atoms with Crippen molar-refractivity contribution in [3.8, 4) is 0 Å². The van der Waals surface area contributed by atoms with Crippen LogP contribution >= 0.6 is 0 Å². The van der Waals surface area contributed by atoms with Crippen molar-refractivity contribution in [2.24, 2.45) is 11.8 Å². The van der Waals surface area contributed by atoms with Gasteiger partial charge >= 0.3 is 0 Å². The smallest absolute Gasteiger partial charge is 0.225 e. The number of aliphatic hydroxyl groups is 1. The molecule has 2 aliphatic rings. The topological polar surface area (TPSA) is 69.6 Å². The Morgan fingerprint density at radius 2 is 2.00 bits per heavy atom. The van der Waals surface area contributed by atoms with E-state index in [9.17, 15) is 14.7 Å². The Kier molecular flexibility index (Phi) is 5.02. The van der Waals surface area contributed by atoms with Crippen molar-refractivity contribution in [2.75, 3.05) is 13.1 Å². The van der Waals surface area contributed by atoms with E-state index >= 15 is 0 Å². The predicted molar refractivity (Wildman–Crippen MR) is 75.9 cm³/mol. The minimum atomic E-state index is -0.195. The summed E-state index contributed by atoms with van der Waals surface area (Å²) in [6, 6.07) is 0.167. The molecule has 2 amide bonds. The van der Waals surface area contributed by atoms with Gasteiger partial charge < -0.3 is 15.3 Å². The summed E-state index contributed by atoms with van der Waals surface area (Å²) in [4.78, 5) is 25.7. The van der Waals surface area contributed by atoms with Crippen molar-refractivity contribution < 1.29 is 14.7 Å². The molecule has 0 aromatic carbocycles. The Morgan fingerprint density at radius 3 is 2.55 bits per heavy atom. The van der Waals surface area contributed by atoms with Gasteiger partial charge in [0.2, 0.25) is 11.8 Å². The Hall–Kier alpha value is -1.10. The van der Waals surface area contributed by atoms with E-state index in [1.54, 1.807) is 4.90 Å². The Morgan fingerprint density at radius 1 is 1.35 bits per heavy atom. The van der Waals surface area contributed by atoms with Crippen LogP contribution in [0.2, 0.25) is 0 Å². The molecule has 1 aliphatic heterocycles. The quantitative estimate of drug-likeness (QED) is 0.805. The molecule has 5 nitrogen and oxygen atoms in total. The second-order valence-corrected chi connectivity index (χ2v) is 6.46.